The molecule has 0 aromatic carbocycles. The van der Waals surface area contributed by atoms with E-state index < -0.39 is 11.3 Å². The molecule has 1 N–H and O–H groups in total. The van der Waals surface area contributed by atoms with Crippen LogP contribution in [0.4, 0.5) is 9.93 Å². The normalized spacial score (nSPS) is 23.5. The van der Waals surface area contributed by atoms with Crippen molar-refractivity contribution < 1.29 is 9.53 Å². The van der Waals surface area contributed by atoms with Crippen molar-refractivity contribution in [2.24, 2.45) is 0 Å². The van der Waals surface area contributed by atoms with Crippen molar-refractivity contribution in [3.63, 3.8) is 0 Å². The fourth-order valence-corrected chi connectivity index (χ4v) is 4.12. The predicted molar refractivity (Wildman–Crippen MR) is 97.0 cm³/mol. The van der Waals surface area contributed by atoms with Gasteiger partial charge in [0.25, 0.3) is 0 Å². The Hall–Kier alpha value is -1.31. The first-order valence-electron chi connectivity index (χ1n) is 7.44. The molecule has 2 aromatic heterocycles. The largest absolute Gasteiger partial charge is 0.444 e. The van der Waals surface area contributed by atoms with E-state index in [4.69, 9.17) is 27.9 Å². The summed E-state index contributed by atoms with van der Waals surface area (Å²) in [5, 5.41) is 4.53. The smallest absolute Gasteiger partial charge is 0.412 e. The molecule has 1 unspecified atom stereocenters. The summed E-state index contributed by atoms with van der Waals surface area (Å²) in [6.45, 7) is 9.42. The van der Waals surface area contributed by atoms with Crippen LogP contribution < -0.4 is 5.32 Å². The van der Waals surface area contributed by atoms with Gasteiger partial charge in [-0.25, -0.2) is 14.8 Å². The number of hydrogen-bond donors (Lipinski definition) is 1. The van der Waals surface area contributed by atoms with Gasteiger partial charge in [0.15, 0.2) is 10.3 Å². The number of pyridine rings is 1. The van der Waals surface area contributed by atoms with Gasteiger partial charge >= 0.3 is 6.09 Å². The second-order valence-corrected chi connectivity index (χ2v) is 8.68. The Morgan fingerprint density at radius 1 is 1.42 bits per heavy atom. The number of nitrogens with zero attached hydrogens (tertiary/aromatic N) is 3. The van der Waals surface area contributed by atoms with Crippen LogP contribution in [0.1, 0.15) is 34.6 Å². The third-order valence-corrected chi connectivity index (χ3v) is 5.26. The van der Waals surface area contributed by atoms with Gasteiger partial charge in [0, 0.05) is 0 Å². The zero-order valence-corrected chi connectivity index (χ0v) is 16.3. The van der Waals surface area contributed by atoms with E-state index in [2.05, 4.69) is 15.3 Å². The standard InChI is InChI=1S/C15H18Cl2N4O2S/c1-7-15(5,21(7)13(22)23-14(2,3)4)20-12-19-10-8(24-12)6-9(16)18-11(10)17/h6-7H,1-5H3,(H,19,20)/t7-,15?,21?/m0/s1. The number of fused-ring (bicyclic) bond motifs is 1. The summed E-state index contributed by atoms with van der Waals surface area (Å²) in [5.41, 5.74) is -0.499. The Balaban J connectivity index is 1.81. The van der Waals surface area contributed by atoms with Crippen LogP contribution in [0, 0.1) is 0 Å². The first kappa shape index (κ1) is 17.5. The Morgan fingerprint density at radius 2 is 2.08 bits per heavy atom. The third-order valence-electron chi connectivity index (χ3n) is 3.89. The fourth-order valence-electron chi connectivity index (χ4n) is 2.51. The van der Waals surface area contributed by atoms with E-state index in [-0.39, 0.29) is 17.3 Å². The number of carbonyl (C=O) groups excluding carboxylic acids is 1. The second-order valence-electron chi connectivity index (χ2n) is 6.90. The monoisotopic (exact) mass is 388 g/mol. The van der Waals surface area contributed by atoms with Gasteiger partial charge in [-0.3, -0.25) is 4.90 Å². The number of thiazole rings is 1. The second kappa shape index (κ2) is 5.61. The van der Waals surface area contributed by atoms with Gasteiger partial charge in [-0.15, -0.1) is 0 Å². The number of anilines is 1. The van der Waals surface area contributed by atoms with Crippen LogP contribution in [0.25, 0.3) is 10.2 Å². The minimum absolute atomic E-state index is 0.0171. The van der Waals surface area contributed by atoms with Crippen LogP contribution in [-0.2, 0) is 4.74 Å². The number of hydrogen-bond acceptors (Lipinski definition) is 6. The van der Waals surface area contributed by atoms with E-state index in [1.807, 2.05) is 34.6 Å². The molecule has 0 radical (unpaired) electrons. The SMILES string of the molecule is C[C@@H]1N(C(=O)OC(C)(C)C)C1(C)Nc1nc2c(Cl)nc(Cl)cc2s1. The molecule has 0 bridgehead atoms. The molecule has 130 valence electrons. The number of carbonyl (C=O) groups is 1. The van der Waals surface area contributed by atoms with Gasteiger partial charge in [0.2, 0.25) is 0 Å². The van der Waals surface area contributed by atoms with Gasteiger partial charge in [0.05, 0.1) is 10.7 Å². The number of rotatable bonds is 2. The lowest BCUT2D eigenvalue weighted by Gasteiger charge is -2.21. The van der Waals surface area contributed by atoms with Gasteiger partial charge in [-0.2, -0.15) is 0 Å². The highest BCUT2D eigenvalue weighted by Crippen LogP contribution is 2.44. The average Bonchev–Trinajstić information content (AvgIpc) is 2.75. The fraction of sp³-hybridized carbons (Fsp3) is 0.533. The van der Waals surface area contributed by atoms with Crippen molar-refractivity contribution in [3.8, 4) is 0 Å². The number of aromatic nitrogens is 2. The van der Waals surface area contributed by atoms with Crippen LogP contribution in [0.5, 0.6) is 0 Å². The molecule has 1 aliphatic heterocycles. The molecule has 6 nitrogen and oxygen atoms in total. The summed E-state index contributed by atoms with van der Waals surface area (Å²) < 4.78 is 6.28. The molecular formula is C15H18Cl2N4O2S. The summed E-state index contributed by atoms with van der Waals surface area (Å²) in [6, 6.07) is 1.70. The van der Waals surface area contributed by atoms with E-state index in [1.54, 1.807) is 11.0 Å². The van der Waals surface area contributed by atoms with Crippen LogP contribution in [0.2, 0.25) is 10.3 Å². The van der Waals surface area contributed by atoms with Crippen LogP contribution >= 0.6 is 34.5 Å². The molecular weight excluding hydrogens is 371 g/mol. The number of nitrogens with one attached hydrogen (secondary N) is 1. The molecule has 3 rings (SSSR count). The summed E-state index contributed by atoms with van der Waals surface area (Å²) in [5.74, 6) is 0. The maximum atomic E-state index is 12.3. The third kappa shape index (κ3) is 3.12. The molecule has 2 atom stereocenters. The van der Waals surface area contributed by atoms with E-state index in [0.29, 0.717) is 15.8 Å². The molecule has 9 heteroatoms. The topological polar surface area (TPSA) is 67.1 Å². The van der Waals surface area contributed by atoms with Gasteiger partial charge in [-0.1, -0.05) is 34.5 Å². The first-order valence-corrected chi connectivity index (χ1v) is 9.01. The molecule has 2 aromatic rings. The molecule has 1 amide bonds. The Labute approximate surface area is 154 Å². The highest BCUT2D eigenvalue weighted by molar-refractivity contribution is 7.22. The van der Waals surface area contributed by atoms with E-state index in [9.17, 15) is 4.79 Å². The molecule has 24 heavy (non-hydrogen) atoms. The zero-order chi connectivity index (χ0) is 17.9. The number of ether oxygens (including phenoxy) is 1. The molecule has 1 fully saturated rings. The average molecular weight is 389 g/mol. The van der Waals surface area contributed by atoms with Gasteiger partial charge < -0.3 is 10.1 Å². The van der Waals surface area contributed by atoms with Crippen molar-refractivity contribution in [1.29, 1.82) is 0 Å². The van der Waals surface area contributed by atoms with Crippen molar-refractivity contribution in [2.75, 3.05) is 5.32 Å². The maximum absolute atomic E-state index is 12.3. The zero-order valence-electron chi connectivity index (χ0n) is 14.0. The maximum Gasteiger partial charge on any atom is 0.412 e. The number of amides is 1. The Morgan fingerprint density at radius 3 is 2.71 bits per heavy atom. The van der Waals surface area contributed by atoms with Crippen LogP contribution in [-0.4, -0.2) is 38.3 Å². The molecule has 1 saturated heterocycles. The minimum atomic E-state index is -0.556. The number of halogens is 2. The summed E-state index contributed by atoms with van der Waals surface area (Å²) in [6.07, 6.45) is -0.353. The van der Waals surface area contributed by atoms with Crippen molar-refractivity contribution in [2.45, 2.75) is 51.9 Å². The first-order chi connectivity index (χ1) is 11.0. The van der Waals surface area contributed by atoms with Crippen LogP contribution in [0.3, 0.4) is 0 Å². The lowest BCUT2D eigenvalue weighted by Crippen LogP contribution is -2.33. The summed E-state index contributed by atoms with van der Waals surface area (Å²) in [7, 11) is 0. The van der Waals surface area contributed by atoms with Crippen molar-refractivity contribution in [1.82, 2.24) is 14.9 Å². The van der Waals surface area contributed by atoms with E-state index in [1.165, 1.54) is 11.3 Å². The van der Waals surface area contributed by atoms with Crippen LogP contribution in [0.15, 0.2) is 6.07 Å². The van der Waals surface area contributed by atoms with E-state index >= 15 is 0 Å². The van der Waals surface area contributed by atoms with Gasteiger partial charge in [0.1, 0.15) is 21.9 Å². The summed E-state index contributed by atoms with van der Waals surface area (Å²) in [4.78, 5) is 22.4. The van der Waals surface area contributed by atoms with Gasteiger partial charge in [-0.05, 0) is 40.7 Å². The molecule has 0 aliphatic carbocycles. The minimum Gasteiger partial charge on any atom is -0.444 e. The molecule has 3 heterocycles. The lowest BCUT2D eigenvalue weighted by molar-refractivity contribution is 0.0381. The highest BCUT2D eigenvalue weighted by atomic mass is 35.5. The predicted octanol–water partition coefficient (Wildman–Crippen LogP) is 4.77. The van der Waals surface area contributed by atoms with Crippen molar-refractivity contribution >= 4 is 56.0 Å². The highest BCUT2D eigenvalue weighted by Gasteiger charge is 2.61. The molecule has 0 spiro atoms. The quantitative estimate of drug-likeness (QED) is 0.592. The summed E-state index contributed by atoms with van der Waals surface area (Å²) >= 11 is 13.4. The van der Waals surface area contributed by atoms with Crippen molar-refractivity contribution in [3.05, 3.63) is 16.4 Å². The Kier molecular flexibility index (Phi) is 4.09. The Bertz CT molecular complexity index is 820. The molecule has 1 aliphatic rings. The van der Waals surface area contributed by atoms with E-state index in [0.717, 1.165) is 4.70 Å². The lowest BCUT2D eigenvalue weighted by atomic mass is 10.2. The molecule has 0 saturated carbocycles.